The Kier molecular flexibility index (Phi) is 6.51. The summed E-state index contributed by atoms with van der Waals surface area (Å²) in [5.74, 6) is 0.939. The molecule has 0 spiro atoms. The van der Waals surface area contributed by atoms with Gasteiger partial charge in [-0.3, -0.25) is 0 Å². The number of ether oxygens (including phenoxy) is 1. The fraction of sp³-hybridized carbons (Fsp3) is 0.133. The highest BCUT2D eigenvalue weighted by atomic mass is 127. The van der Waals surface area contributed by atoms with Gasteiger partial charge in [0.05, 0.1) is 7.14 Å². The van der Waals surface area contributed by atoms with Crippen LogP contribution < -0.4 is 10.5 Å². The van der Waals surface area contributed by atoms with Crippen LogP contribution in [-0.2, 0) is 6.61 Å². The minimum atomic E-state index is 0.423. The Morgan fingerprint density at radius 3 is 2.29 bits per heavy atom. The van der Waals surface area contributed by atoms with Crippen LogP contribution >= 0.6 is 80.0 Å². The van der Waals surface area contributed by atoms with Gasteiger partial charge in [0.25, 0.3) is 0 Å². The molecule has 2 aromatic carbocycles. The van der Waals surface area contributed by atoms with Crippen LogP contribution in [0.25, 0.3) is 0 Å². The number of hydrogen-bond acceptors (Lipinski definition) is 2. The molecule has 0 fully saturated rings. The Balaban J connectivity index is 2.19. The number of halogens is 3. The van der Waals surface area contributed by atoms with Crippen LogP contribution in [0.1, 0.15) is 16.7 Å². The Labute approximate surface area is 170 Å². The summed E-state index contributed by atoms with van der Waals surface area (Å²) >= 11 is 11.9. The van der Waals surface area contributed by atoms with Crippen molar-refractivity contribution in [3.05, 3.63) is 57.7 Å². The van der Waals surface area contributed by atoms with Gasteiger partial charge in [0.2, 0.25) is 0 Å². The van der Waals surface area contributed by atoms with Gasteiger partial charge in [0.15, 0.2) is 0 Å². The standard InChI is InChI=1S/C15H12I3NOS/c1-8-4-9(15(19)21)2-3-10(8)7-20-14-12(17)5-11(16)6-13(14)18/h2-6H,7H2,1H3,(H2,19,21). The zero-order valence-electron chi connectivity index (χ0n) is 11.1. The molecule has 2 N–H and O–H groups in total. The smallest absolute Gasteiger partial charge is 0.146 e. The van der Waals surface area contributed by atoms with Crippen molar-refractivity contribution in [2.75, 3.05) is 0 Å². The summed E-state index contributed by atoms with van der Waals surface area (Å²) in [4.78, 5) is 0.423. The van der Waals surface area contributed by atoms with Crippen molar-refractivity contribution in [3.8, 4) is 5.75 Å². The second-order valence-corrected chi connectivity index (χ2v) is 8.50. The van der Waals surface area contributed by atoms with E-state index in [2.05, 4.69) is 79.9 Å². The Hall–Kier alpha value is 0.320. The first-order valence-electron chi connectivity index (χ1n) is 6.05. The van der Waals surface area contributed by atoms with Crippen LogP contribution in [0.3, 0.4) is 0 Å². The normalized spacial score (nSPS) is 10.5. The molecule has 0 bridgehead atoms. The molecule has 0 atom stereocenters. The van der Waals surface area contributed by atoms with Crippen LogP contribution in [0.15, 0.2) is 30.3 Å². The van der Waals surface area contributed by atoms with Gasteiger partial charge < -0.3 is 10.5 Å². The molecule has 0 saturated heterocycles. The minimum Gasteiger partial charge on any atom is -0.487 e. The van der Waals surface area contributed by atoms with Crippen LogP contribution in [0.5, 0.6) is 5.75 Å². The zero-order chi connectivity index (χ0) is 15.6. The van der Waals surface area contributed by atoms with Crippen LogP contribution in [0.2, 0.25) is 0 Å². The van der Waals surface area contributed by atoms with E-state index in [1.54, 1.807) is 0 Å². The molecule has 0 amide bonds. The molecule has 0 aliphatic carbocycles. The Bertz CT molecular complexity index is 680. The highest BCUT2D eigenvalue weighted by Crippen LogP contribution is 2.30. The molecule has 0 aliphatic rings. The largest absolute Gasteiger partial charge is 0.487 e. The molecule has 2 rings (SSSR count). The second kappa shape index (κ2) is 7.73. The van der Waals surface area contributed by atoms with E-state index in [9.17, 15) is 0 Å². The van der Waals surface area contributed by atoms with Crippen molar-refractivity contribution < 1.29 is 4.74 Å². The summed E-state index contributed by atoms with van der Waals surface area (Å²) in [6.07, 6.45) is 0. The summed E-state index contributed by atoms with van der Waals surface area (Å²) < 4.78 is 9.47. The van der Waals surface area contributed by atoms with Gasteiger partial charge in [-0.2, -0.15) is 0 Å². The lowest BCUT2D eigenvalue weighted by molar-refractivity contribution is 0.301. The quantitative estimate of drug-likeness (QED) is 0.379. The van der Waals surface area contributed by atoms with E-state index in [4.69, 9.17) is 22.7 Å². The average molecular weight is 635 g/mol. The highest BCUT2D eigenvalue weighted by molar-refractivity contribution is 14.1. The van der Waals surface area contributed by atoms with Crippen molar-refractivity contribution >= 4 is 85.0 Å². The van der Waals surface area contributed by atoms with E-state index in [-0.39, 0.29) is 0 Å². The van der Waals surface area contributed by atoms with E-state index in [0.29, 0.717) is 11.6 Å². The molecule has 0 heterocycles. The summed E-state index contributed by atoms with van der Waals surface area (Å²) in [6.45, 7) is 2.58. The predicted molar refractivity (Wildman–Crippen MR) is 116 cm³/mol. The monoisotopic (exact) mass is 635 g/mol. The maximum absolute atomic E-state index is 6.01. The van der Waals surface area contributed by atoms with E-state index in [1.165, 1.54) is 3.57 Å². The van der Waals surface area contributed by atoms with Gasteiger partial charge in [-0.1, -0.05) is 24.4 Å². The third kappa shape index (κ3) is 4.64. The number of thiocarbonyl (C=S) groups is 1. The van der Waals surface area contributed by atoms with Crippen molar-refractivity contribution in [1.29, 1.82) is 0 Å². The first-order valence-corrected chi connectivity index (χ1v) is 9.69. The molecule has 110 valence electrons. The molecule has 0 unspecified atom stereocenters. The van der Waals surface area contributed by atoms with Gasteiger partial charge in [-0.05, 0) is 104 Å². The number of benzene rings is 2. The van der Waals surface area contributed by atoms with Crippen LogP contribution in [0.4, 0.5) is 0 Å². The number of hydrogen-bond donors (Lipinski definition) is 1. The Morgan fingerprint density at radius 2 is 1.76 bits per heavy atom. The first-order chi connectivity index (χ1) is 9.88. The number of rotatable bonds is 4. The second-order valence-electron chi connectivity index (χ2n) is 4.49. The lowest BCUT2D eigenvalue weighted by atomic mass is 10.1. The summed E-state index contributed by atoms with van der Waals surface area (Å²) in [7, 11) is 0. The van der Waals surface area contributed by atoms with E-state index in [1.807, 2.05) is 25.1 Å². The third-order valence-corrected chi connectivity index (χ3v) is 5.42. The summed E-state index contributed by atoms with van der Waals surface area (Å²) in [5.41, 5.74) is 8.82. The van der Waals surface area contributed by atoms with Gasteiger partial charge in [-0.25, -0.2) is 0 Å². The minimum absolute atomic E-state index is 0.423. The molecule has 0 aromatic heterocycles. The molecular weight excluding hydrogens is 623 g/mol. The van der Waals surface area contributed by atoms with Crippen molar-refractivity contribution in [3.63, 3.8) is 0 Å². The van der Waals surface area contributed by atoms with E-state index in [0.717, 1.165) is 29.6 Å². The fourth-order valence-electron chi connectivity index (χ4n) is 1.83. The van der Waals surface area contributed by atoms with Crippen LogP contribution in [-0.4, -0.2) is 4.99 Å². The number of nitrogens with two attached hydrogens (primary N) is 1. The van der Waals surface area contributed by atoms with Crippen molar-refractivity contribution in [2.45, 2.75) is 13.5 Å². The molecule has 0 radical (unpaired) electrons. The zero-order valence-corrected chi connectivity index (χ0v) is 18.4. The molecule has 2 nitrogen and oxygen atoms in total. The van der Waals surface area contributed by atoms with Gasteiger partial charge in [-0.15, -0.1) is 0 Å². The molecular formula is C15H12I3NOS. The summed E-state index contributed by atoms with van der Waals surface area (Å²) in [5, 5.41) is 0. The lowest BCUT2D eigenvalue weighted by Gasteiger charge is -2.13. The van der Waals surface area contributed by atoms with E-state index < -0.39 is 0 Å². The average Bonchev–Trinajstić information content (AvgIpc) is 2.38. The Morgan fingerprint density at radius 1 is 1.14 bits per heavy atom. The third-order valence-electron chi connectivity index (χ3n) is 2.96. The summed E-state index contributed by atoms with van der Waals surface area (Å²) in [6, 6.07) is 10.2. The lowest BCUT2D eigenvalue weighted by Crippen LogP contribution is -2.10. The van der Waals surface area contributed by atoms with Gasteiger partial charge >= 0.3 is 0 Å². The van der Waals surface area contributed by atoms with Crippen molar-refractivity contribution in [2.24, 2.45) is 5.73 Å². The fourth-order valence-corrected chi connectivity index (χ4v) is 5.85. The molecule has 6 heteroatoms. The van der Waals surface area contributed by atoms with Crippen LogP contribution in [0, 0.1) is 17.6 Å². The maximum atomic E-state index is 6.01. The number of aryl methyl sites for hydroxylation is 1. The van der Waals surface area contributed by atoms with E-state index >= 15 is 0 Å². The van der Waals surface area contributed by atoms with Crippen molar-refractivity contribution in [1.82, 2.24) is 0 Å². The first kappa shape index (κ1) is 17.7. The molecule has 21 heavy (non-hydrogen) atoms. The molecule has 2 aromatic rings. The molecule has 0 aliphatic heterocycles. The SMILES string of the molecule is Cc1cc(C(N)=S)ccc1COc1c(I)cc(I)cc1I. The maximum Gasteiger partial charge on any atom is 0.146 e. The topological polar surface area (TPSA) is 35.2 Å². The predicted octanol–water partition coefficient (Wildman–Crippen LogP) is 5.02. The van der Waals surface area contributed by atoms with Gasteiger partial charge in [0, 0.05) is 9.13 Å². The molecule has 0 saturated carbocycles. The highest BCUT2D eigenvalue weighted by Gasteiger charge is 2.09. The van der Waals surface area contributed by atoms with Gasteiger partial charge in [0.1, 0.15) is 17.3 Å².